The first-order valence-corrected chi connectivity index (χ1v) is 7.49. The Labute approximate surface area is 129 Å². The summed E-state index contributed by atoms with van der Waals surface area (Å²) in [6, 6.07) is 12.0. The van der Waals surface area contributed by atoms with Gasteiger partial charge in [-0.2, -0.15) is 0 Å². The van der Waals surface area contributed by atoms with Gasteiger partial charge in [0, 0.05) is 11.8 Å². The molecule has 3 rings (SSSR count). The number of pyridine rings is 1. The van der Waals surface area contributed by atoms with Crippen LogP contribution >= 0.6 is 0 Å². The van der Waals surface area contributed by atoms with E-state index in [9.17, 15) is 4.79 Å². The number of aryl methyl sites for hydroxylation is 1. The highest BCUT2D eigenvalue weighted by Gasteiger charge is 2.12. The zero-order valence-corrected chi connectivity index (χ0v) is 12.8. The molecule has 2 heterocycles. The van der Waals surface area contributed by atoms with Gasteiger partial charge in [0.1, 0.15) is 0 Å². The molecule has 0 aliphatic heterocycles. The lowest BCUT2D eigenvalue weighted by Gasteiger charge is -2.15. The second kappa shape index (κ2) is 6.02. The minimum Gasteiger partial charge on any atom is -0.346 e. The molecule has 2 aromatic heterocycles. The molecule has 0 radical (unpaired) electrons. The summed E-state index contributed by atoms with van der Waals surface area (Å²) in [4.78, 5) is 16.4. The fourth-order valence-electron chi connectivity index (χ4n) is 2.47. The van der Waals surface area contributed by atoms with Gasteiger partial charge in [0.2, 0.25) is 0 Å². The van der Waals surface area contributed by atoms with Crippen LogP contribution < -0.4 is 5.32 Å². The third kappa shape index (κ3) is 2.86. The van der Waals surface area contributed by atoms with Crippen LogP contribution in [0.3, 0.4) is 0 Å². The molecule has 1 unspecified atom stereocenters. The van der Waals surface area contributed by atoms with Crippen LogP contribution in [-0.2, 0) is 6.42 Å². The van der Waals surface area contributed by atoms with Crippen LogP contribution in [0, 0.1) is 0 Å². The molecular weight excluding hydrogens is 274 g/mol. The SMILES string of the molecule is CCc1ccc(C(C)NC(=O)c2ccn3cncc3c2)cc1. The number of imidazole rings is 1. The Hall–Kier alpha value is -2.62. The van der Waals surface area contributed by atoms with Gasteiger partial charge in [0.05, 0.1) is 24.1 Å². The number of aromatic nitrogens is 2. The second-order valence-electron chi connectivity index (χ2n) is 5.43. The fraction of sp³-hybridized carbons (Fsp3) is 0.222. The number of hydrogen-bond acceptors (Lipinski definition) is 2. The smallest absolute Gasteiger partial charge is 0.251 e. The van der Waals surface area contributed by atoms with E-state index in [1.807, 2.05) is 23.6 Å². The van der Waals surface area contributed by atoms with Crippen molar-refractivity contribution in [3.8, 4) is 0 Å². The predicted octanol–water partition coefficient (Wildman–Crippen LogP) is 3.39. The molecule has 112 valence electrons. The van der Waals surface area contributed by atoms with Crippen molar-refractivity contribution >= 4 is 11.4 Å². The van der Waals surface area contributed by atoms with Gasteiger partial charge in [-0.1, -0.05) is 31.2 Å². The van der Waals surface area contributed by atoms with E-state index in [-0.39, 0.29) is 11.9 Å². The van der Waals surface area contributed by atoms with E-state index in [2.05, 4.69) is 41.5 Å². The van der Waals surface area contributed by atoms with Crippen LogP contribution in [0.4, 0.5) is 0 Å². The average Bonchev–Trinajstić information content (AvgIpc) is 3.02. The number of fused-ring (bicyclic) bond motifs is 1. The molecule has 1 atom stereocenters. The molecular formula is C18H19N3O. The van der Waals surface area contributed by atoms with Gasteiger partial charge in [0.15, 0.2) is 0 Å². The first kappa shape index (κ1) is 14.3. The summed E-state index contributed by atoms with van der Waals surface area (Å²) < 4.78 is 1.88. The minimum atomic E-state index is -0.0734. The summed E-state index contributed by atoms with van der Waals surface area (Å²) in [7, 11) is 0. The molecule has 4 heteroatoms. The van der Waals surface area contributed by atoms with Crippen molar-refractivity contribution in [2.24, 2.45) is 0 Å². The maximum absolute atomic E-state index is 12.4. The van der Waals surface area contributed by atoms with E-state index in [4.69, 9.17) is 0 Å². The van der Waals surface area contributed by atoms with Crippen molar-refractivity contribution in [3.63, 3.8) is 0 Å². The standard InChI is InChI=1S/C18H19N3O/c1-3-14-4-6-15(7-5-14)13(2)20-18(22)16-8-9-21-12-19-11-17(21)10-16/h4-13H,3H2,1-2H3,(H,20,22). The Morgan fingerprint density at radius 3 is 2.77 bits per heavy atom. The zero-order valence-electron chi connectivity index (χ0n) is 12.8. The van der Waals surface area contributed by atoms with Crippen LogP contribution in [0.2, 0.25) is 0 Å². The van der Waals surface area contributed by atoms with E-state index in [1.54, 1.807) is 18.6 Å². The molecule has 3 aromatic rings. The summed E-state index contributed by atoms with van der Waals surface area (Å²) >= 11 is 0. The number of hydrogen-bond donors (Lipinski definition) is 1. The quantitative estimate of drug-likeness (QED) is 0.801. The lowest BCUT2D eigenvalue weighted by molar-refractivity contribution is 0.0940. The lowest BCUT2D eigenvalue weighted by atomic mass is 10.0. The van der Waals surface area contributed by atoms with E-state index >= 15 is 0 Å². The molecule has 0 saturated heterocycles. The predicted molar refractivity (Wildman–Crippen MR) is 86.9 cm³/mol. The summed E-state index contributed by atoms with van der Waals surface area (Å²) in [5.74, 6) is -0.0734. The molecule has 0 fully saturated rings. The first-order valence-electron chi connectivity index (χ1n) is 7.49. The molecule has 4 nitrogen and oxygen atoms in total. The van der Waals surface area contributed by atoms with E-state index in [0.29, 0.717) is 5.56 Å². The van der Waals surface area contributed by atoms with E-state index in [1.165, 1.54) is 5.56 Å². The summed E-state index contributed by atoms with van der Waals surface area (Å²) in [6.45, 7) is 4.13. The molecule has 0 aliphatic rings. The maximum atomic E-state index is 12.4. The summed E-state index contributed by atoms with van der Waals surface area (Å²) in [6.07, 6.45) is 6.32. The van der Waals surface area contributed by atoms with E-state index < -0.39 is 0 Å². The van der Waals surface area contributed by atoms with Crippen molar-refractivity contribution in [1.82, 2.24) is 14.7 Å². The Bertz CT molecular complexity index is 789. The van der Waals surface area contributed by atoms with Crippen LogP contribution in [0.5, 0.6) is 0 Å². The van der Waals surface area contributed by atoms with Crippen molar-refractivity contribution in [2.75, 3.05) is 0 Å². The molecule has 22 heavy (non-hydrogen) atoms. The van der Waals surface area contributed by atoms with Crippen LogP contribution in [0.25, 0.3) is 5.52 Å². The van der Waals surface area contributed by atoms with Gasteiger partial charge < -0.3 is 9.72 Å². The number of amides is 1. The molecule has 0 bridgehead atoms. The zero-order chi connectivity index (χ0) is 15.5. The number of nitrogens with one attached hydrogen (secondary N) is 1. The van der Waals surface area contributed by atoms with Crippen LogP contribution in [0.1, 0.15) is 41.4 Å². The minimum absolute atomic E-state index is 0.0282. The Morgan fingerprint density at radius 2 is 2.05 bits per heavy atom. The van der Waals surface area contributed by atoms with E-state index in [0.717, 1.165) is 17.5 Å². The van der Waals surface area contributed by atoms with Gasteiger partial charge >= 0.3 is 0 Å². The van der Waals surface area contributed by atoms with Crippen LogP contribution in [0.15, 0.2) is 55.1 Å². The largest absolute Gasteiger partial charge is 0.346 e. The first-order chi connectivity index (χ1) is 10.7. The molecule has 1 aromatic carbocycles. The fourth-order valence-corrected chi connectivity index (χ4v) is 2.47. The Kier molecular flexibility index (Phi) is 3.92. The van der Waals surface area contributed by atoms with Gasteiger partial charge in [-0.15, -0.1) is 0 Å². The topological polar surface area (TPSA) is 46.4 Å². The molecule has 1 N–H and O–H groups in total. The molecule has 0 spiro atoms. The Morgan fingerprint density at radius 1 is 1.27 bits per heavy atom. The number of nitrogens with zero attached hydrogens (tertiary/aromatic N) is 2. The average molecular weight is 293 g/mol. The number of carbonyl (C=O) groups is 1. The van der Waals surface area contributed by atoms with Gasteiger partial charge in [-0.3, -0.25) is 4.79 Å². The number of carbonyl (C=O) groups excluding carboxylic acids is 1. The van der Waals surface area contributed by atoms with Crippen molar-refractivity contribution < 1.29 is 4.79 Å². The molecule has 0 aliphatic carbocycles. The number of rotatable bonds is 4. The molecule has 0 saturated carbocycles. The lowest BCUT2D eigenvalue weighted by Crippen LogP contribution is -2.26. The summed E-state index contributed by atoms with van der Waals surface area (Å²) in [5.41, 5.74) is 3.96. The van der Waals surface area contributed by atoms with Gasteiger partial charge in [0.25, 0.3) is 5.91 Å². The third-order valence-electron chi connectivity index (χ3n) is 3.91. The van der Waals surface area contributed by atoms with Crippen molar-refractivity contribution in [2.45, 2.75) is 26.3 Å². The summed E-state index contributed by atoms with van der Waals surface area (Å²) in [5, 5.41) is 3.04. The maximum Gasteiger partial charge on any atom is 0.251 e. The van der Waals surface area contributed by atoms with Gasteiger partial charge in [-0.25, -0.2) is 4.98 Å². The number of benzene rings is 1. The Balaban J connectivity index is 1.74. The van der Waals surface area contributed by atoms with Crippen molar-refractivity contribution in [1.29, 1.82) is 0 Å². The third-order valence-corrected chi connectivity index (χ3v) is 3.91. The molecule has 1 amide bonds. The van der Waals surface area contributed by atoms with Crippen LogP contribution in [-0.4, -0.2) is 15.3 Å². The second-order valence-corrected chi connectivity index (χ2v) is 5.43. The van der Waals surface area contributed by atoms with Crippen molar-refractivity contribution in [3.05, 3.63) is 71.8 Å². The monoisotopic (exact) mass is 293 g/mol. The highest BCUT2D eigenvalue weighted by molar-refractivity contribution is 5.95. The highest BCUT2D eigenvalue weighted by Crippen LogP contribution is 2.15. The van der Waals surface area contributed by atoms with Gasteiger partial charge in [-0.05, 0) is 36.6 Å². The normalized spacial score (nSPS) is 12.3. The highest BCUT2D eigenvalue weighted by atomic mass is 16.1.